The van der Waals surface area contributed by atoms with E-state index < -0.39 is 0 Å². The minimum atomic E-state index is 0.181. The minimum absolute atomic E-state index is 0.181. The lowest BCUT2D eigenvalue weighted by Crippen LogP contribution is -2.43. The van der Waals surface area contributed by atoms with E-state index in [0.29, 0.717) is 18.4 Å². The number of aliphatic hydroxyl groups is 1. The molecule has 0 aromatic heterocycles. The Morgan fingerprint density at radius 3 is 1.74 bits per heavy atom. The summed E-state index contributed by atoms with van der Waals surface area (Å²) in [5.74, 6) is 1.42. The summed E-state index contributed by atoms with van der Waals surface area (Å²) in [7, 11) is 0. The second kappa shape index (κ2) is 8.26. The maximum atomic E-state index is 9.96. The van der Waals surface area contributed by atoms with Gasteiger partial charge in [-0.05, 0) is 24.7 Å². The van der Waals surface area contributed by atoms with Crippen LogP contribution in [0.2, 0.25) is 0 Å². The zero-order chi connectivity index (χ0) is 14.3. The van der Waals surface area contributed by atoms with E-state index in [1.807, 2.05) is 0 Å². The standard InChI is InChI=1S/C17H35NO/c1-15(2)11-18(12-16(3)4)13-17(14-19)9-7-5-6-8-10-17/h15-16,19H,5-14H2,1-4H3. The second-order valence-electron chi connectivity index (χ2n) is 7.55. The molecule has 0 amide bonds. The highest BCUT2D eigenvalue weighted by Crippen LogP contribution is 2.35. The van der Waals surface area contributed by atoms with Crippen molar-refractivity contribution in [1.29, 1.82) is 0 Å². The summed E-state index contributed by atoms with van der Waals surface area (Å²) in [5.41, 5.74) is 0.181. The maximum absolute atomic E-state index is 9.96. The average molecular weight is 269 g/mol. The third-order valence-corrected chi connectivity index (χ3v) is 4.31. The van der Waals surface area contributed by atoms with E-state index in [4.69, 9.17) is 0 Å². The van der Waals surface area contributed by atoms with Gasteiger partial charge in [0, 0.05) is 31.7 Å². The van der Waals surface area contributed by atoms with E-state index in [-0.39, 0.29) is 5.41 Å². The Bertz CT molecular complexity index is 219. The van der Waals surface area contributed by atoms with E-state index in [2.05, 4.69) is 32.6 Å². The number of hydrogen-bond donors (Lipinski definition) is 1. The van der Waals surface area contributed by atoms with Crippen molar-refractivity contribution < 1.29 is 5.11 Å². The number of nitrogens with zero attached hydrogens (tertiary/aromatic N) is 1. The Morgan fingerprint density at radius 2 is 1.37 bits per heavy atom. The molecule has 0 aromatic rings. The quantitative estimate of drug-likeness (QED) is 0.708. The van der Waals surface area contributed by atoms with Crippen LogP contribution in [-0.2, 0) is 0 Å². The van der Waals surface area contributed by atoms with Crippen LogP contribution < -0.4 is 0 Å². The molecule has 0 saturated heterocycles. The molecule has 2 nitrogen and oxygen atoms in total. The number of rotatable bonds is 7. The summed E-state index contributed by atoms with van der Waals surface area (Å²) in [6.07, 6.45) is 7.76. The largest absolute Gasteiger partial charge is 0.396 e. The molecule has 114 valence electrons. The van der Waals surface area contributed by atoms with Crippen molar-refractivity contribution in [2.45, 2.75) is 66.2 Å². The molecule has 0 spiro atoms. The zero-order valence-corrected chi connectivity index (χ0v) is 13.6. The molecule has 0 bridgehead atoms. The molecular weight excluding hydrogens is 234 g/mol. The molecule has 1 aliphatic rings. The van der Waals surface area contributed by atoms with E-state index in [0.717, 1.165) is 6.54 Å². The summed E-state index contributed by atoms with van der Waals surface area (Å²) in [6.45, 7) is 13.0. The zero-order valence-electron chi connectivity index (χ0n) is 13.6. The predicted octanol–water partition coefficient (Wildman–Crippen LogP) is 3.93. The van der Waals surface area contributed by atoms with Crippen molar-refractivity contribution in [2.75, 3.05) is 26.2 Å². The highest BCUT2D eigenvalue weighted by atomic mass is 16.3. The first-order chi connectivity index (χ1) is 8.97. The highest BCUT2D eigenvalue weighted by molar-refractivity contribution is 4.85. The maximum Gasteiger partial charge on any atom is 0.0499 e. The van der Waals surface area contributed by atoms with Crippen LogP contribution in [0.3, 0.4) is 0 Å². The van der Waals surface area contributed by atoms with Gasteiger partial charge >= 0.3 is 0 Å². The topological polar surface area (TPSA) is 23.5 Å². The van der Waals surface area contributed by atoms with Crippen LogP contribution in [0, 0.1) is 17.3 Å². The van der Waals surface area contributed by atoms with Crippen LogP contribution >= 0.6 is 0 Å². The SMILES string of the molecule is CC(C)CN(CC(C)C)CC1(CO)CCCCCC1. The number of hydrogen-bond acceptors (Lipinski definition) is 2. The van der Waals surface area contributed by atoms with Gasteiger partial charge in [0.25, 0.3) is 0 Å². The van der Waals surface area contributed by atoms with Crippen molar-refractivity contribution in [2.24, 2.45) is 17.3 Å². The molecule has 1 fully saturated rings. The van der Waals surface area contributed by atoms with Crippen molar-refractivity contribution in [3.8, 4) is 0 Å². The Kier molecular flexibility index (Phi) is 7.38. The molecule has 0 aliphatic heterocycles. The predicted molar refractivity (Wildman–Crippen MR) is 83.3 cm³/mol. The second-order valence-corrected chi connectivity index (χ2v) is 7.55. The van der Waals surface area contributed by atoms with Gasteiger partial charge in [0.1, 0.15) is 0 Å². The number of aliphatic hydroxyl groups excluding tert-OH is 1. The van der Waals surface area contributed by atoms with Gasteiger partial charge in [0.05, 0.1) is 0 Å². The van der Waals surface area contributed by atoms with Crippen molar-refractivity contribution in [3.05, 3.63) is 0 Å². The lowest BCUT2D eigenvalue weighted by atomic mass is 9.80. The molecule has 1 N–H and O–H groups in total. The Balaban J connectivity index is 2.66. The summed E-state index contributed by atoms with van der Waals surface area (Å²) in [5, 5.41) is 9.96. The van der Waals surface area contributed by atoms with Gasteiger partial charge in [-0.2, -0.15) is 0 Å². The van der Waals surface area contributed by atoms with Crippen LogP contribution in [0.5, 0.6) is 0 Å². The van der Waals surface area contributed by atoms with Crippen LogP contribution in [0.15, 0.2) is 0 Å². The fourth-order valence-electron chi connectivity index (χ4n) is 3.56. The first-order valence-corrected chi connectivity index (χ1v) is 8.31. The van der Waals surface area contributed by atoms with Crippen LogP contribution in [-0.4, -0.2) is 36.2 Å². The molecule has 2 heteroatoms. The Labute approximate surface area is 120 Å². The summed E-state index contributed by atoms with van der Waals surface area (Å²) >= 11 is 0. The Morgan fingerprint density at radius 1 is 0.895 bits per heavy atom. The first kappa shape index (κ1) is 17.0. The normalized spacial score (nSPS) is 20.2. The van der Waals surface area contributed by atoms with Gasteiger partial charge in [0.2, 0.25) is 0 Å². The van der Waals surface area contributed by atoms with E-state index in [1.165, 1.54) is 51.6 Å². The van der Waals surface area contributed by atoms with Gasteiger partial charge in [-0.1, -0.05) is 53.4 Å². The third kappa shape index (κ3) is 6.27. The lowest BCUT2D eigenvalue weighted by Gasteiger charge is -2.38. The molecule has 1 rings (SSSR count). The van der Waals surface area contributed by atoms with Gasteiger partial charge in [-0.25, -0.2) is 0 Å². The average Bonchev–Trinajstić information content (AvgIpc) is 2.53. The van der Waals surface area contributed by atoms with Crippen LogP contribution in [0.25, 0.3) is 0 Å². The fourth-order valence-corrected chi connectivity index (χ4v) is 3.56. The molecule has 0 unspecified atom stereocenters. The molecule has 0 aromatic carbocycles. The molecule has 0 atom stereocenters. The van der Waals surface area contributed by atoms with Crippen LogP contribution in [0.4, 0.5) is 0 Å². The van der Waals surface area contributed by atoms with Crippen molar-refractivity contribution in [1.82, 2.24) is 4.90 Å². The molecular formula is C17H35NO. The molecule has 0 heterocycles. The van der Waals surface area contributed by atoms with E-state index in [9.17, 15) is 5.11 Å². The van der Waals surface area contributed by atoms with Gasteiger partial charge < -0.3 is 10.0 Å². The smallest absolute Gasteiger partial charge is 0.0499 e. The molecule has 1 aliphatic carbocycles. The summed E-state index contributed by atoms with van der Waals surface area (Å²) < 4.78 is 0. The summed E-state index contributed by atoms with van der Waals surface area (Å²) in [6, 6.07) is 0. The Hall–Kier alpha value is -0.0800. The van der Waals surface area contributed by atoms with Gasteiger partial charge in [0.15, 0.2) is 0 Å². The lowest BCUT2D eigenvalue weighted by molar-refractivity contribution is 0.0502. The first-order valence-electron chi connectivity index (χ1n) is 8.31. The minimum Gasteiger partial charge on any atom is -0.396 e. The highest BCUT2D eigenvalue weighted by Gasteiger charge is 2.32. The summed E-state index contributed by atoms with van der Waals surface area (Å²) in [4.78, 5) is 2.61. The molecule has 1 saturated carbocycles. The third-order valence-electron chi connectivity index (χ3n) is 4.31. The fraction of sp³-hybridized carbons (Fsp3) is 1.00. The molecule has 19 heavy (non-hydrogen) atoms. The van der Waals surface area contributed by atoms with Crippen molar-refractivity contribution in [3.63, 3.8) is 0 Å². The van der Waals surface area contributed by atoms with Crippen LogP contribution in [0.1, 0.15) is 66.2 Å². The monoisotopic (exact) mass is 269 g/mol. The van der Waals surface area contributed by atoms with Crippen molar-refractivity contribution >= 4 is 0 Å². The van der Waals surface area contributed by atoms with Gasteiger partial charge in [-0.3, -0.25) is 0 Å². The van der Waals surface area contributed by atoms with E-state index >= 15 is 0 Å². The molecule has 0 radical (unpaired) electrons. The van der Waals surface area contributed by atoms with Gasteiger partial charge in [-0.15, -0.1) is 0 Å². The van der Waals surface area contributed by atoms with E-state index in [1.54, 1.807) is 0 Å².